The van der Waals surface area contributed by atoms with Gasteiger partial charge in [-0.2, -0.15) is 0 Å². The van der Waals surface area contributed by atoms with E-state index in [0.717, 1.165) is 53.2 Å². The van der Waals surface area contributed by atoms with Crippen LogP contribution < -0.4 is 5.32 Å². The zero-order valence-corrected chi connectivity index (χ0v) is 17.2. The number of carbonyl (C=O) groups is 3. The molecule has 1 unspecified atom stereocenters. The average Bonchev–Trinajstić information content (AvgIpc) is 3.03. The topological polar surface area (TPSA) is 71.4 Å². The van der Waals surface area contributed by atoms with Crippen LogP contribution in [0.5, 0.6) is 0 Å². The lowest BCUT2D eigenvalue weighted by molar-refractivity contribution is -0.131. The number of ketones is 1. The molecule has 1 aliphatic heterocycles. The van der Waals surface area contributed by atoms with Crippen LogP contribution in [0.3, 0.4) is 0 Å². The van der Waals surface area contributed by atoms with Crippen molar-refractivity contribution in [3.63, 3.8) is 0 Å². The molecule has 0 bridgehead atoms. The van der Waals surface area contributed by atoms with E-state index in [-0.39, 0.29) is 18.2 Å². The van der Waals surface area contributed by atoms with E-state index >= 15 is 0 Å². The number of fused-ring (bicyclic) bond motifs is 2. The Balaban J connectivity index is 1.65. The van der Waals surface area contributed by atoms with Crippen molar-refractivity contribution in [3.8, 4) is 0 Å². The van der Waals surface area contributed by atoms with Crippen LogP contribution in [-0.4, -0.2) is 33.7 Å². The third-order valence-corrected chi connectivity index (χ3v) is 6.39. The number of urea groups is 1. The highest BCUT2D eigenvalue weighted by Crippen LogP contribution is 2.39. The molecule has 1 aliphatic carbocycles. The summed E-state index contributed by atoms with van der Waals surface area (Å²) in [6.45, 7) is 6.42. The minimum Gasteiger partial charge on any atom is -0.349 e. The van der Waals surface area contributed by atoms with Crippen molar-refractivity contribution >= 4 is 17.7 Å². The Labute approximate surface area is 170 Å². The van der Waals surface area contributed by atoms with E-state index < -0.39 is 11.6 Å². The smallest absolute Gasteiger partial charge is 0.325 e. The molecule has 1 N–H and O–H groups in total. The Morgan fingerprint density at radius 3 is 2.66 bits per heavy atom. The monoisotopic (exact) mass is 393 g/mol. The van der Waals surface area contributed by atoms with E-state index in [1.54, 1.807) is 0 Å². The zero-order chi connectivity index (χ0) is 20.8. The van der Waals surface area contributed by atoms with Gasteiger partial charge in [0, 0.05) is 23.5 Å². The lowest BCUT2D eigenvalue weighted by Crippen LogP contribution is -2.44. The molecule has 6 heteroatoms. The summed E-state index contributed by atoms with van der Waals surface area (Å²) in [5, 5.41) is 2.94. The summed E-state index contributed by atoms with van der Waals surface area (Å²) in [5.41, 5.74) is 3.36. The van der Waals surface area contributed by atoms with Crippen LogP contribution >= 0.6 is 0 Å². The molecular weight excluding hydrogens is 366 g/mol. The van der Waals surface area contributed by atoms with Crippen molar-refractivity contribution in [1.29, 1.82) is 0 Å². The molecule has 3 amide bonds. The highest BCUT2D eigenvalue weighted by atomic mass is 16.2. The van der Waals surface area contributed by atoms with Gasteiger partial charge >= 0.3 is 6.03 Å². The van der Waals surface area contributed by atoms with Gasteiger partial charge in [-0.1, -0.05) is 24.3 Å². The van der Waals surface area contributed by atoms with E-state index in [1.807, 2.05) is 51.1 Å². The Morgan fingerprint density at radius 2 is 1.93 bits per heavy atom. The van der Waals surface area contributed by atoms with Crippen LogP contribution in [0.4, 0.5) is 4.79 Å². The fourth-order valence-corrected chi connectivity index (χ4v) is 4.92. The Morgan fingerprint density at radius 1 is 1.17 bits per heavy atom. The average molecular weight is 393 g/mol. The summed E-state index contributed by atoms with van der Waals surface area (Å²) in [5.74, 6) is -0.519. The van der Waals surface area contributed by atoms with E-state index in [4.69, 9.17) is 0 Å². The molecular formula is C23H27N3O3. The number of imide groups is 1. The van der Waals surface area contributed by atoms with Crippen LogP contribution in [0.25, 0.3) is 0 Å². The third kappa shape index (κ3) is 2.98. The number of hydrogen-bond acceptors (Lipinski definition) is 3. The van der Waals surface area contributed by atoms with Gasteiger partial charge in [0.1, 0.15) is 5.54 Å². The molecule has 1 atom stereocenters. The molecule has 0 radical (unpaired) electrons. The number of rotatable bonds is 4. The first-order valence-corrected chi connectivity index (χ1v) is 10.3. The fourth-order valence-electron chi connectivity index (χ4n) is 4.92. The summed E-state index contributed by atoms with van der Waals surface area (Å²) < 4.78 is 2.06. The van der Waals surface area contributed by atoms with Crippen LogP contribution in [0.1, 0.15) is 59.1 Å². The van der Waals surface area contributed by atoms with Crippen LogP contribution in [-0.2, 0) is 23.3 Å². The maximum Gasteiger partial charge on any atom is 0.325 e. The lowest BCUT2D eigenvalue weighted by Gasteiger charge is -2.27. The van der Waals surface area contributed by atoms with Gasteiger partial charge in [0.05, 0.1) is 6.54 Å². The molecule has 0 saturated carbocycles. The van der Waals surface area contributed by atoms with E-state index in [2.05, 4.69) is 9.88 Å². The second-order valence-corrected chi connectivity index (χ2v) is 8.04. The number of benzene rings is 1. The Hall–Kier alpha value is -2.89. The molecule has 152 valence electrons. The SMILES string of the molecule is CCn1c(C)cc(C(=O)CN2C(=O)NC3(CCCCc4ccccc43)C2=O)c1C. The van der Waals surface area contributed by atoms with Crippen molar-refractivity contribution in [2.24, 2.45) is 0 Å². The van der Waals surface area contributed by atoms with Gasteiger partial charge in [-0.3, -0.25) is 14.5 Å². The summed E-state index contributed by atoms with van der Waals surface area (Å²) in [6.07, 6.45) is 3.27. The maximum absolute atomic E-state index is 13.5. The van der Waals surface area contributed by atoms with Gasteiger partial charge in [0.15, 0.2) is 5.78 Å². The normalized spacial score (nSPS) is 21.3. The van der Waals surface area contributed by atoms with E-state index in [1.165, 1.54) is 0 Å². The number of nitrogens with zero attached hydrogens (tertiary/aromatic N) is 2. The van der Waals surface area contributed by atoms with Crippen molar-refractivity contribution in [2.75, 3.05) is 6.54 Å². The Kier molecular flexibility index (Phi) is 4.81. The highest BCUT2D eigenvalue weighted by molar-refractivity contribution is 6.11. The number of Topliss-reactive ketones (excluding diaryl/α,β-unsaturated/α-hetero) is 1. The first-order chi connectivity index (χ1) is 13.9. The highest BCUT2D eigenvalue weighted by Gasteiger charge is 2.53. The van der Waals surface area contributed by atoms with Crippen LogP contribution in [0, 0.1) is 13.8 Å². The number of nitrogens with one attached hydrogen (secondary N) is 1. The summed E-state index contributed by atoms with van der Waals surface area (Å²) >= 11 is 0. The summed E-state index contributed by atoms with van der Waals surface area (Å²) in [4.78, 5) is 40.4. The predicted octanol–water partition coefficient (Wildman–Crippen LogP) is 3.48. The second-order valence-electron chi connectivity index (χ2n) is 8.04. The molecule has 2 aliphatic rings. The first kappa shape index (κ1) is 19.4. The first-order valence-electron chi connectivity index (χ1n) is 10.3. The molecule has 2 heterocycles. The molecule has 2 aromatic rings. The zero-order valence-electron chi connectivity index (χ0n) is 17.2. The molecule has 1 aromatic heterocycles. The van der Waals surface area contributed by atoms with Gasteiger partial charge in [0.25, 0.3) is 5.91 Å². The van der Waals surface area contributed by atoms with Gasteiger partial charge in [0.2, 0.25) is 0 Å². The van der Waals surface area contributed by atoms with Crippen molar-refractivity contribution in [3.05, 3.63) is 58.4 Å². The van der Waals surface area contributed by atoms with Crippen LogP contribution in [0.15, 0.2) is 30.3 Å². The minimum atomic E-state index is -1.05. The van der Waals surface area contributed by atoms with Gasteiger partial charge in [-0.25, -0.2) is 4.79 Å². The molecule has 1 spiro atoms. The summed E-state index contributed by atoms with van der Waals surface area (Å²) in [6, 6.07) is 9.18. The molecule has 6 nitrogen and oxygen atoms in total. The predicted molar refractivity (Wildman–Crippen MR) is 110 cm³/mol. The minimum absolute atomic E-state index is 0.208. The quantitative estimate of drug-likeness (QED) is 0.639. The number of aromatic nitrogens is 1. The van der Waals surface area contributed by atoms with E-state index in [0.29, 0.717) is 12.0 Å². The number of carbonyl (C=O) groups excluding carboxylic acids is 3. The molecule has 4 rings (SSSR count). The maximum atomic E-state index is 13.5. The molecule has 1 aromatic carbocycles. The second kappa shape index (κ2) is 7.17. The largest absolute Gasteiger partial charge is 0.349 e. The van der Waals surface area contributed by atoms with Gasteiger partial charge < -0.3 is 9.88 Å². The Bertz CT molecular complexity index is 1010. The number of amides is 3. The van der Waals surface area contributed by atoms with Gasteiger partial charge in [-0.15, -0.1) is 0 Å². The molecule has 29 heavy (non-hydrogen) atoms. The molecule has 1 saturated heterocycles. The van der Waals surface area contributed by atoms with Gasteiger partial charge in [-0.05, 0) is 63.6 Å². The number of aryl methyl sites for hydroxylation is 2. The number of hydrogen-bond donors (Lipinski definition) is 1. The fraction of sp³-hybridized carbons (Fsp3) is 0.435. The van der Waals surface area contributed by atoms with Crippen molar-refractivity contribution in [1.82, 2.24) is 14.8 Å². The standard InChI is InChI=1S/C23H27N3O3/c1-4-25-15(2)13-18(16(25)3)20(27)14-26-21(28)23(24-22(26)29)12-8-7-10-17-9-5-6-11-19(17)23/h5-6,9,11,13H,4,7-8,10,12,14H2,1-3H3,(H,24,29). The van der Waals surface area contributed by atoms with E-state index in [9.17, 15) is 14.4 Å². The third-order valence-electron chi connectivity index (χ3n) is 6.39. The lowest BCUT2D eigenvalue weighted by atomic mass is 9.84. The van der Waals surface area contributed by atoms with Crippen molar-refractivity contribution in [2.45, 2.75) is 58.5 Å². The summed E-state index contributed by atoms with van der Waals surface area (Å²) in [7, 11) is 0. The van der Waals surface area contributed by atoms with Crippen LogP contribution in [0.2, 0.25) is 0 Å². The molecule has 1 fully saturated rings. The van der Waals surface area contributed by atoms with Crippen molar-refractivity contribution < 1.29 is 14.4 Å².